The summed E-state index contributed by atoms with van der Waals surface area (Å²) in [7, 11) is 0. The minimum absolute atomic E-state index is 0.770. The van der Waals surface area contributed by atoms with Gasteiger partial charge in [0.1, 0.15) is 11.4 Å². The maximum Gasteiger partial charge on any atom is 0.157 e. The average molecular weight is 388 g/mol. The summed E-state index contributed by atoms with van der Waals surface area (Å²) in [5.41, 5.74) is 7.66. The molecule has 30 heavy (non-hydrogen) atoms. The number of rotatable bonds is 3. The Kier molecular flexibility index (Phi) is 3.67. The number of hydrogen-bond acceptors (Lipinski definition) is 4. The highest BCUT2D eigenvalue weighted by atomic mass is 15.0. The number of nitrogens with one attached hydrogen (secondary N) is 2. The first-order valence-corrected chi connectivity index (χ1v) is 9.66. The van der Waals surface area contributed by atoms with Crippen molar-refractivity contribution >= 4 is 22.1 Å². The van der Waals surface area contributed by atoms with E-state index in [0.29, 0.717) is 0 Å². The SMILES string of the molecule is c1ccc(-c2nc3ccc(-c4ccc5nc(-c6ccccn6)[nH]c5c4)cc3[nH]2)nc1. The van der Waals surface area contributed by atoms with Gasteiger partial charge in [0, 0.05) is 12.4 Å². The molecule has 0 spiro atoms. The van der Waals surface area contributed by atoms with E-state index in [-0.39, 0.29) is 0 Å². The van der Waals surface area contributed by atoms with Crippen molar-refractivity contribution in [3.8, 4) is 34.2 Å². The smallest absolute Gasteiger partial charge is 0.157 e. The van der Waals surface area contributed by atoms with Gasteiger partial charge in [-0.15, -0.1) is 0 Å². The minimum Gasteiger partial charge on any atom is -0.337 e. The van der Waals surface area contributed by atoms with Gasteiger partial charge in [-0.25, -0.2) is 9.97 Å². The monoisotopic (exact) mass is 388 g/mol. The van der Waals surface area contributed by atoms with Gasteiger partial charge in [0.15, 0.2) is 11.6 Å². The van der Waals surface area contributed by atoms with E-state index in [0.717, 1.165) is 56.2 Å². The van der Waals surface area contributed by atoms with Crippen LogP contribution in [0.1, 0.15) is 0 Å². The van der Waals surface area contributed by atoms with Crippen LogP contribution >= 0.6 is 0 Å². The second kappa shape index (κ2) is 6.63. The molecule has 6 nitrogen and oxygen atoms in total. The van der Waals surface area contributed by atoms with Crippen molar-refractivity contribution in [2.75, 3.05) is 0 Å². The quantitative estimate of drug-likeness (QED) is 0.435. The molecular weight excluding hydrogens is 372 g/mol. The number of pyridine rings is 2. The normalized spacial score (nSPS) is 11.3. The highest BCUT2D eigenvalue weighted by molar-refractivity contribution is 5.88. The molecule has 0 atom stereocenters. The molecule has 2 N–H and O–H groups in total. The molecule has 0 aliphatic carbocycles. The molecule has 0 aliphatic rings. The number of fused-ring (bicyclic) bond motifs is 2. The van der Waals surface area contributed by atoms with Gasteiger partial charge >= 0.3 is 0 Å². The van der Waals surface area contributed by atoms with Crippen LogP contribution in [-0.2, 0) is 0 Å². The summed E-state index contributed by atoms with van der Waals surface area (Å²) in [4.78, 5) is 24.8. The lowest BCUT2D eigenvalue weighted by Crippen LogP contribution is -1.83. The number of nitrogens with zero attached hydrogens (tertiary/aromatic N) is 4. The topological polar surface area (TPSA) is 83.1 Å². The highest BCUT2D eigenvalue weighted by Crippen LogP contribution is 2.28. The Hall–Kier alpha value is -4.32. The number of aromatic nitrogens is 6. The van der Waals surface area contributed by atoms with E-state index < -0.39 is 0 Å². The van der Waals surface area contributed by atoms with Crippen LogP contribution in [0.15, 0.2) is 85.2 Å². The lowest BCUT2D eigenvalue weighted by atomic mass is 10.0. The Morgan fingerprint density at radius 2 is 1.03 bits per heavy atom. The highest BCUT2D eigenvalue weighted by Gasteiger charge is 2.10. The molecule has 4 aromatic heterocycles. The lowest BCUT2D eigenvalue weighted by Gasteiger charge is -2.01. The maximum absolute atomic E-state index is 4.66. The van der Waals surface area contributed by atoms with Crippen molar-refractivity contribution in [3.05, 3.63) is 85.2 Å². The number of aromatic amines is 2. The Morgan fingerprint density at radius 3 is 1.47 bits per heavy atom. The van der Waals surface area contributed by atoms with Crippen LogP contribution in [0.2, 0.25) is 0 Å². The molecule has 142 valence electrons. The molecule has 0 unspecified atom stereocenters. The summed E-state index contributed by atoms with van der Waals surface area (Å²) >= 11 is 0. The second-order valence-corrected chi connectivity index (χ2v) is 7.06. The van der Waals surface area contributed by atoms with Crippen molar-refractivity contribution in [3.63, 3.8) is 0 Å². The standard InChI is InChI=1S/C24H16N6/c1-3-11-25-19(5-1)23-27-17-9-7-15(13-21(17)29-23)16-8-10-18-22(14-16)30-24(28-18)20-6-2-4-12-26-20/h1-14H,(H,27,29)(H,28,30). The van der Waals surface area contributed by atoms with Gasteiger partial charge in [0.2, 0.25) is 0 Å². The molecule has 4 heterocycles. The van der Waals surface area contributed by atoms with E-state index in [9.17, 15) is 0 Å². The van der Waals surface area contributed by atoms with E-state index in [1.54, 1.807) is 12.4 Å². The van der Waals surface area contributed by atoms with Gasteiger partial charge in [-0.2, -0.15) is 0 Å². The first-order chi connectivity index (χ1) is 14.8. The summed E-state index contributed by atoms with van der Waals surface area (Å²) in [6.07, 6.45) is 3.54. The van der Waals surface area contributed by atoms with E-state index in [2.05, 4.69) is 54.2 Å². The van der Waals surface area contributed by atoms with Crippen molar-refractivity contribution < 1.29 is 0 Å². The fraction of sp³-hybridized carbons (Fsp3) is 0. The molecule has 0 amide bonds. The fourth-order valence-electron chi connectivity index (χ4n) is 3.63. The summed E-state index contributed by atoms with van der Waals surface area (Å²) in [5, 5.41) is 0. The van der Waals surface area contributed by atoms with Gasteiger partial charge in [-0.3, -0.25) is 9.97 Å². The summed E-state index contributed by atoms with van der Waals surface area (Å²) in [5.74, 6) is 1.54. The predicted molar refractivity (Wildman–Crippen MR) is 118 cm³/mol. The first-order valence-electron chi connectivity index (χ1n) is 9.66. The third kappa shape index (κ3) is 2.82. The average Bonchev–Trinajstić information content (AvgIpc) is 3.43. The van der Waals surface area contributed by atoms with Crippen molar-refractivity contribution in [2.45, 2.75) is 0 Å². The maximum atomic E-state index is 4.66. The number of H-pyrrole nitrogens is 2. The largest absolute Gasteiger partial charge is 0.337 e. The van der Waals surface area contributed by atoms with Gasteiger partial charge < -0.3 is 9.97 Å². The molecule has 0 bridgehead atoms. The van der Waals surface area contributed by atoms with Crippen LogP contribution in [0.5, 0.6) is 0 Å². The van der Waals surface area contributed by atoms with E-state index in [4.69, 9.17) is 0 Å². The lowest BCUT2D eigenvalue weighted by molar-refractivity contribution is 1.24. The third-order valence-corrected chi connectivity index (χ3v) is 5.11. The van der Waals surface area contributed by atoms with E-state index in [1.165, 1.54) is 0 Å². The predicted octanol–water partition coefficient (Wildman–Crippen LogP) is 5.23. The van der Waals surface area contributed by atoms with E-state index >= 15 is 0 Å². The van der Waals surface area contributed by atoms with Gasteiger partial charge in [-0.05, 0) is 59.7 Å². The van der Waals surface area contributed by atoms with Crippen LogP contribution in [0.25, 0.3) is 56.2 Å². The van der Waals surface area contributed by atoms with Crippen LogP contribution in [0, 0.1) is 0 Å². The van der Waals surface area contributed by atoms with Crippen LogP contribution in [0.3, 0.4) is 0 Å². The second-order valence-electron chi connectivity index (χ2n) is 7.06. The van der Waals surface area contributed by atoms with Crippen LogP contribution < -0.4 is 0 Å². The Morgan fingerprint density at radius 1 is 0.533 bits per heavy atom. The molecule has 6 aromatic rings. The summed E-state index contributed by atoms with van der Waals surface area (Å²) < 4.78 is 0. The first kappa shape index (κ1) is 16.6. The van der Waals surface area contributed by atoms with Crippen molar-refractivity contribution in [2.24, 2.45) is 0 Å². The third-order valence-electron chi connectivity index (χ3n) is 5.11. The minimum atomic E-state index is 0.770. The number of benzene rings is 2. The summed E-state index contributed by atoms with van der Waals surface area (Å²) in [6, 6.07) is 24.1. The molecule has 0 saturated heterocycles. The van der Waals surface area contributed by atoms with Crippen molar-refractivity contribution in [1.29, 1.82) is 0 Å². The Bertz CT molecular complexity index is 1370. The van der Waals surface area contributed by atoms with Gasteiger partial charge in [-0.1, -0.05) is 24.3 Å². The van der Waals surface area contributed by atoms with Gasteiger partial charge in [0.05, 0.1) is 22.1 Å². The van der Waals surface area contributed by atoms with Crippen LogP contribution in [0.4, 0.5) is 0 Å². The molecule has 6 rings (SSSR count). The van der Waals surface area contributed by atoms with E-state index in [1.807, 2.05) is 48.5 Å². The number of imidazole rings is 2. The Balaban J connectivity index is 1.40. The zero-order valence-electron chi connectivity index (χ0n) is 15.9. The molecular formula is C24H16N6. The Labute approximate surface area is 171 Å². The molecule has 6 heteroatoms. The van der Waals surface area contributed by atoms with Crippen molar-refractivity contribution in [1.82, 2.24) is 29.9 Å². The molecule has 0 fully saturated rings. The zero-order valence-corrected chi connectivity index (χ0v) is 15.9. The molecule has 0 saturated carbocycles. The van der Waals surface area contributed by atoms with Gasteiger partial charge in [0.25, 0.3) is 0 Å². The zero-order chi connectivity index (χ0) is 19.9. The molecule has 0 aliphatic heterocycles. The number of hydrogen-bond donors (Lipinski definition) is 2. The fourth-order valence-corrected chi connectivity index (χ4v) is 3.63. The molecule has 2 aromatic carbocycles. The molecule has 0 radical (unpaired) electrons. The van der Waals surface area contributed by atoms with Crippen LogP contribution in [-0.4, -0.2) is 29.9 Å². The summed E-state index contributed by atoms with van der Waals surface area (Å²) in [6.45, 7) is 0.